The van der Waals surface area contributed by atoms with Gasteiger partial charge in [0, 0.05) is 29.2 Å². The van der Waals surface area contributed by atoms with Gasteiger partial charge in [-0.3, -0.25) is 9.69 Å². The van der Waals surface area contributed by atoms with Gasteiger partial charge in [-0.05, 0) is 49.8 Å². The summed E-state index contributed by atoms with van der Waals surface area (Å²) in [6.07, 6.45) is 1.59. The van der Waals surface area contributed by atoms with Crippen LogP contribution in [-0.4, -0.2) is 52.0 Å². The number of rotatable bonds is 4. The molecule has 1 fully saturated rings. The fourth-order valence-electron chi connectivity index (χ4n) is 4.61. The van der Waals surface area contributed by atoms with E-state index in [0.717, 1.165) is 4.90 Å². The lowest BCUT2D eigenvalue weighted by Crippen LogP contribution is -2.39. The van der Waals surface area contributed by atoms with Crippen molar-refractivity contribution in [3.63, 3.8) is 0 Å². The average molecular weight is 503 g/mol. The first-order valence-corrected chi connectivity index (χ1v) is 11.4. The zero-order chi connectivity index (χ0) is 26.4. The Kier molecular flexibility index (Phi) is 5.75. The Morgan fingerprint density at radius 1 is 1.11 bits per heavy atom. The highest BCUT2D eigenvalue weighted by Gasteiger charge is 2.35. The number of carboxylic acids is 1. The number of para-hydroxylation sites is 1. The Morgan fingerprint density at radius 3 is 2.57 bits per heavy atom. The van der Waals surface area contributed by atoms with Crippen molar-refractivity contribution in [2.45, 2.75) is 13.8 Å². The Hall–Kier alpha value is -4.93. The number of urea groups is 2. The van der Waals surface area contributed by atoms with Crippen molar-refractivity contribution in [1.29, 1.82) is 0 Å². The second-order valence-electron chi connectivity index (χ2n) is 8.71. The second kappa shape index (κ2) is 8.94. The van der Waals surface area contributed by atoms with Gasteiger partial charge < -0.3 is 20.7 Å². The lowest BCUT2D eigenvalue weighted by molar-refractivity contribution is -0.110. The SMILES string of the molecule is Cc1[nH]c(/C=C2\C(=O)Nc3cc(NC(=O)N4CCN(c5ccccc5F)C4=O)ccc32)c(C)c1C(=O)O. The van der Waals surface area contributed by atoms with Crippen LogP contribution in [0.5, 0.6) is 0 Å². The van der Waals surface area contributed by atoms with Crippen LogP contribution < -0.4 is 15.5 Å². The number of benzene rings is 2. The third kappa shape index (κ3) is 4.10. The fraction of sp³-hybridized carbons (Fsp3) is 0.154. The van der Waals surface area contributed by atoms with E-state index in [2.05, 4.69) is 15.6 Å². The Bertz CT molecular complexity index is 1530. The van der Waals surface area contributed by atoms with Crippen molar-refractivity contribution >= 4 is 52.6 Å². The normalized spacial score (nSPS) is 15.8. The summed E-state index contributed by atoms with van der Waals surface area (Å²) in [7, 11) is 0. The highest BCUT2D eigenvalue weighted by Crippen LogP contribution is 2.36. The van der Waals surface area contributed by atoms with Gasteiger partial charge in [-0.1, -0.05) is 18.2 Å². The molecule has 0 aliphatic carbocycles. The molecule has 2 aliphatic heterocycles. The fourth-order valence-corrected chi connectivity index (χ4v) is 4.61. The van der Waals surface area contributed by atoms with Crippen molar-refractivity contribution in [2.75, 3.05) is 28.6 Å². The maximum atomic E-state index is 14.1. The first kappa shape index (κ1) is 23.8. The number of aromatic carboxylic acids is 1. The summed E-state index contributed by atoms with van der Waals surface area (Å²) in [6, 6.07) is 9.34. The Morgan fingerprint density at radius 2 is 1.86 bits per heavy atom. The number of hydrogen-bond donors (Lipinski definition) is 4. The summed E-state index contributed by atoms with van der Waals surface area (Å²) in [6.45, 7) is 3.55. The van der Waals surface area contributed by atoms with Crippen LogP contribution in [0.15, 0.2) is 42.5 Å². The third-order valence-electron chi connectivity index (χ3n) is 6.43. The summed E-state index contributed by atoms with van der Waals surface area (Å²) >= 11 is 0. The smallest absolute Gasteiger partial charge is 0.337 e. The van der Waals surface area contributed by atoms with Crippen molar-refractivity contribution in [3.05, 3.63) is 76.4 Å². The van der Waals surface area contributed by atoms with Crippen LogP contribution in [0.3, 0.4) is 0 Å². The Labute approximate surface area is 210 Å². The molecule has 5 amide bonds. The number of anilines is 3. The number of halogens is 1. The summed E-state index contributed by atoms with van der Waals surface area (Å²) < 4.78 is 14.1. The first-order chi connectivity index (χ1) is 17.7. The summed E-state index contributed by atoms with van der Waals surface area (Å²) in [4.78, 5) is 54.9. The van der Waals surface area contributed by atoms with Gasteiger partial charge in [0.15, 0.2) is 0 Å². The number of amides is 5. The number of aromatic amines is 1. The molecule has 5 rings (SSSR count). The number of imide groups is 1. The molecule has 4 N–H and O–H groups in total. The molecule has 2 aromatic carbocycles. The molecular formula is C26H22FN5O5. The van der Waals surface area contributed by atoms with E-state index >= 15 is 0 Å². The number of fused-ring (bicyclic) bond motifs is 1. The summed E-state index contributed by atoms with van der Waals surface area (Å²) in [5, 5.41) is 14.8. The number of aromatic nitrogens is 1. The van der Waals surface area contributed by atoms with Crippen molar-refractivity contribution in [2.24, 2.45) is 0 Å². The van der Waals surface area contributed by atoms with E-state index in [1.54, 1.807) is 44.2 Å². The topological polar surface area (TPSA) is 135 Å². The number of carboxylic acid groups (broad SMARTS) is 1. The maximum Gasteiger partial charge on any atom is 0.337 e. The monoisotopic (exact) mass is 503 g/mol. The lowest BCUT2D eigenvalue weighted by Gasteiger charge is -2.18. The number of carbonyl (C=O) groups is 4. The predicted octanol–water partition coefficient (Wildman–Crippen LogP) is 4.44. The molecule has 0 unspecified atom stereocenters. The molecule has 2 aliphatic rings. The molecular weight excluding hydrogens is 481 g/mol. The van der Waals surface area contributed by atoms with Gasteiger partial charge in [0.05, 0.1) is 29.1 Å². The van der Waals surface area contributed by atoms with E-state index in [0.29, 0.717) is 39.5 Å². The highest BCUT2D eigenvalue weighted by atomic mass is 19.1. The summed E-state index contributed by atoms with van der Waals surface area (Å²) in [5.41, 5.74) is 3.49. The van der Waals surface area contributed by atoms with Gasteiger partial charge in [-0.25, -0.2) is 23.7 Å². The minimum absolute atomic E-state index is 0.0841. The first-order valence-electron chi connectivity index (χ1n) is 11.4. The molecule has 10 nitrogen and oxygen atoms in total. The molecule has 0 saturated carbocycles. The van der Waals surface area contributed by atoms with Gasteiger partial charge in [0.1, 0.15) is 5.82 Å². The molecule has 3 aromatic rings. The molecule has 188 valence electrons. The van der Waals surface area contributed by atoms with Gasteiger partial charge in [-0.2, -0.15) is 0 Å². The van der Waals surface area contributed by atoms with Gasteiger partial charge in [0.25, 0.3) is 5.91 Å². The zero-order valence-corrected chi connectivity index (χ0v) is 19.9. The predicted molar refractivity (Wildman–Crippen MR) is 135 cm³/mol. The maximum absolute atomic E-state index is 14.1. The van der Waals surface area contributed by atoms with E-state index in [1.807, 2.05) is 0 Å². The molecule has 0 radical (unpaired) electrons. The highest BCUT2D eigenvalue weighted by molar-refractivity contribution is 6.35. The molecule has 0 atom stereocenters. The average Bonchev–Trinajstić information content (AvgIpc) is 3.46. The van der Waals surface area contributed by atoms with Crippen LogP contribution in [-0.2, 0) is 4.79 Å². The number of aryl methyl sites for hydroxylation is 1. The van der Waals surface area contributed by atoms with Gasteiger partial charge in [-0.15, -0.1) is 0 Å². The van der Waals surface area contributed by atoms with Crippen molar-refractivity contribution in [3.8, 4) is 0 Å². The molecule has 1 saturated heterocycles. The van der Waals surface area contributed by atoms with Crippen molar-refractivity contribution < 1.29 is 28.7 Å². The molecule has 37 heavy (non-hydrogen) atoms. The van der Waals surface area contributed by atoms with Crippen LogP contribution in [0.4, 0.5) is 31.0 Å². The van der Waals surface area contributed by atoms with Crippen LogP contribution >= 0.6 is 0 Å². The van der Waals surface area contributed by atoms with Crippen molar-refractivity contribution in [1.82, 2.24) is 9.88 Å². The quantitative estimate of drug-likeness (QED) is 0.391. The molecule has 0 spiro atoms. The number of carbonyl (C=O) groups excluding carboxylic acids is 3. The third-order valence-corrected chi connectivity index (χ3v) is 6.43. The number of H-pyrrole nitrogens is 1. The summed E-state index contributed by atoms with van der Waals surface area (Å²) in [5.74, 6) is -1.99. The molecule has 1 aromatic heterocycles. The molecule has 11 heteroatoms. The van der Waals surface area contributed by atoms with E-state index in [4.69, 9.17) is 0 Å². The van der Waals surface area contributed by atoms with E-state index in [9.17, 15) is 28.7 Å². The second-order valence-corrected chi connectivity index (χ2v) is 8.71. The lowest BCUT2D eigenvalue weighted by atomic mass is 10.0. The standard InChI is InChI=1S/C26H22FN5O5/c1-13-19(28-14(2)22(13)24(34)35)12-17-16-8-7-15(11-20(16)30-23(17)33)29-25(36)32-10-9-31(26(32)37)21-6-4-3-5-18(21)27/h3-8,11-12,28H,9-10H2,1-2H3,(H,29,36)(H,30,33)(H,34,35)/b17-12-. The van der Waals surface area contributed by atoms with Crippen LogP contribution in [0.25, 0.3) is 11.6 Å². The zero-order valence-electron chi connectivity index (χ0n) is 19.9. The number of hydrogen-bond acceptors (Lipinski definition) is 4. The molecule has 3 heterocycles. The van der Waals surface area contributed by atoms with Gasteiger partial charge in [0.2, 0.25) is 0 Å². The minimum atomic E-state index is -1.05. The number of nitrogens with zero attached hydrogens (tertiary/aromatic N) is 2. The van der Waals surface area contributed by atoms with Crippen LogP contribution in [0, 0.1) is 19.7 Å². The Balaban J connectivity index is 1.35. The van der Waals surface area contributed by atoms with Gasteiger partial charge >= 0.3 is 18.0 Å². The van der Waals surface area contributed by atoms with E-state index < -0.39 is 23.8 Å². The van der Waals surface area contributed by atoms with E-state index in [-0.39, 0.29) is 30.2 Å². The van der Waals surface area contributed by atoms with Crippen LogP contribution in [0.1, 0.15) is 32.9 Å². The van der Waals surface area contributed by atoms with Crippen LogP contribution in [0.2, 0.25) is 0 Å². The largest absolute Gasteiger partial charge is 0.478 e. The minimum Gasteiger partial charge on any atom is -0.478 e. The van der Waals surface area contributed by atoms with E-state index in [1.165, 1.54) is 23.1 Å². The number of nitrogens with one attached hydrogen (secondary N) is 3. The molecule has 0 bridgehead atoms.